The molecule has 8 heteroatoms. The van der Waals surface area contributed by atoms with Gasteiger partial charge in [0.15, 0.2) is 0 Å². The summed E-state index contributed by atoms with van der Waals surface area (Å²) in [6.45, 7) is 0. The van der Waals surface area contributed by atoms with Crippen molar-refractivity contribution in [2.24, 2.45) is 0 Å². The SMILES string of the molecule is O=C1C[C@]2(CCC(c3ccc(Cl)cc3)N(c3ccnc(Cl)n3)C2=O)O1. The molecule has 0 saturated carbocycles. The minimum atomic E-state index is -1.09. The van der Waals surface area contributed by atoms with Crippen LogP contribution in [0.5, 0.6) is 0 Å². The number of esters is 1. The van der Waals surface area contributed by atoms with Crippen LogP contribution in [0.4, 0.5) is 5.82 Å². The number of carbonyl (C=O) groups is 2. The third kappa shape index (κ3) is 2.75. The van der Waals surface area contributed by atoms with Gasteiger partial charge in [0.2, 0.25) is 10.9 Å². The number of nitrogens with zero attached hydrogens (tertiary/aromatic N) is 3. The quantitative estimate of drug-likeness (QED) is 0.592. The van der Waals surface area contributed by atoms with Crippen molar-refractivity contribution in [3.8, 4) is 0 Å². The maximum atomic E-state index is 13.2. The Balaban J connectivity index is 1.76. The second-order valence-electron chi connectivity index (χ2n) is 6.11. The first-order chi connectivity index (χ1) is 12.0. The van der Waals surface area contributed by atoms with Crippen molar-refractivity contribution < 1.29 is 14.3 Å². The third-order valence-corrected chi connectivity index (χ3v) is 5.03. The Morgan fingerprint density at radius 2 is 1.88 bits per heavy atom. The highest BCUT2D eigenvalue weighted by molar-refractivity contribution is 6.30. The van der Waals surface area contributed by atoms with Gasteiger partial charge in [-0.1, -0.05) is 23.7 Å². The van der Waals surface area contributed by atoms with E-state index in [2.05, 4.69) is 9.97 Å². The predicted octanol–water partition coefficient (Wildman–Crippen LogP) is 3.34. The number of ether oxygens (including phenoxy) is 1. The molecule has 0 radical (unpaired) electrons. The van der Waals surface area contributed by atoms with Crippen molar-refractivity contribution in [3.05, 3.63) is 52.4 Å². The van der Waals surface area contributed by atoms with Crippen molar-refractivity contribution in [1.29, 1.82) is 0 Å². The number of benzene rings is 1. The minimum Gasteiger partial charge on any atom is -0.448 e. The van der Waals surface area contributed by atoms with Crippen LogP contribution >= 0.6 is 23.2 Å². The Bertz CT molecular complexity index is 848. The molecule has 2 aromatic rings. The van der Waals surface area contributed by atoms with E-state index in [0.717, 1.165) is 5.56 Å². The van der Waals surface area contributed by atoms with E-state index < -0.39 is 5.60 Å². The van der Waals surface area contributed by atoms with Crippen LogP contribution < -0.4 is 4.90 Å². The number of halogens is 2. The Morgan fingerprint density at radius 3 is 2.52 bits per heavy atom. The summed E-state index contributed by atoms with van der Waals surface area (Å²) in [6.07, 6.45) is 2.68. The van der Waals surface area contributed by atoms with Gasteiger partial charge in [-0.15, -0.1) is 0 Å². The first-order valence-corrected chi connectivity index (χ1v) is 8.54. The Hall–Kier alpha value is -2.18. The fourth-order valence-electron chi connectivity index (χ4n) is 3.39. The lowest BCUT2D eigenvalue weighted by Gasteiger charge is -2.48. The molecule has 2 atom stereocenters. The molecule has 4 rings (SSSR count). The van der Waals surface area contributed by atoms with Gasteiger partial charge in [0.05, 0.1) is 12.5 Å². The topological polar surface area (TPSA) is 72.4 Å². The highest BCUT2D eigenvalue weighted by Gasteiger charge is 2.58. The van der Waals surface area contributed by atoms with E-state index in [1.165, 1.54) is 6.20 Å². The van der Waals surface area contributed by atoms with E-state index in [1.807, 2.05) is 12.1 Å². The van der Waals surface area contributed by atoms with Gasteiger partial charge in [0, 0.05) is 11.2 Å². The van der Waals surface area contributed by atoms with Crippen LogP contribution in [-0.2, 0) is 14.3 Å². The Morgan fingerprint density at radius 1 is 1.16 bits per heavy atom. The average Bonchev–Trinajstić information content (AvgIpc) is 2.56. The van der Waals surface area contributed by atoms with Crippen LogP contribution in [0.2, 0.25) is 10.3 Å². The van der Waals surface area contributed by atoms with Crippen LogP contribution in [-0.4, -0.2) is 27.4 Å². The summed E-state index contributed by atoms with van der Waals surface area (Å²) in [5.74, 6) is -0.265. The van der Waals surface area contributed by atoms with E-state index in [4.69, 9.17) is 27.9 Å². The lowest BCUT2D eigenvalue weighted by Crippen LogP contribution is -2.63. The number of rotatable bonds is 2. The van der Waals surface area contributed by atoms with E-state index in [-0.39, 0.29) is 29.6 Å². The maximum absolute atomic E-state index is 13.2. The zero-order valence-corrected chi connectivity index (χ0v) is 14.5. The molecule has 1 amide bonds. The van der Waals surface area contributed by atoms with Crippen molar-refractivity contribution in [1.82, 2.24) is 9.97 Å². The first kappa shape index (κ1) is 16.3. The minimum absolute atomic E-state index is 0.0467. The molecule has 1 aromatic carbocycles. The maximum Gasteiger partial charge on any atom is 0.311 e. The number of piperidine rings is 1. The van der Waals surface area contributed by atoms with Crippen LogP contribution in [0.25, 0.3) is 0 Å². The molecule has 2 aliphatic heterocycles. The predicted molar refractivity (Wildman–Crippen MR) is 91.4 cm³/mol. The lowest BCUT2D eigenvalue weighted by molar-refractivity contribution is -0.198. The molecule has 6 nitrogen and oxygen atoms in total. The zero-order valence-electron chi connectivity index (χ0n) is 13.0. The van der Waals surface area contributed by atoms with Gasteiger partial charge >= 0.3 is 5.97 Å². The Labute approximate surface area is 153 Å². The molecule has 2 aliphatic rings. The van der Waals surface area contributed by atoms with Gasteiger partial charge in [0.1, 0.15) is 5.82 Å². The second-order valence-corrected chi connectivity index (χ2v) is 6.88. The van der Waals surface area contributed by atoms with Crippen LogP contribution in [0.1, 0.15) is 30.9 Å². The van der Waals surface area contributed by atoms with E-state index in [9.17, 15) is 9.59 Å². The molecule has 25 heavy (non-hydrogen) atoms. The molecule has 1 aromatic heterocycles. The molecule has 1 unspecified atom stereocenters. The number of anilines is 1. The van der Waals surface area contributed by atoms with Crippen molar-refractivity contribution in [2.75, 3.05) is 4.90 Å². The summed E-state index contributed by atoms with van der Waals surface area (Å²) in [5.41, 5.74) is -0.162. The molecule has 3 heterocycles. The highest BCUT2D eigenvalue weighted by atomic mass is 35.5. The molecular formula is C17H13Cl2N3O3. The van der Waals surface area contributed by atoms with Crippen LogP contribution in [0.15, 0.2) is 36.5 Å². The summed E-state index contributed by atoms with van der Waals surface area (Å²) >= 11 is 11.9. The van der Waals surface area contributed by atoms with E-state index in [0.29, 0.717) is 23.7 Å². The molecule has 128 valence electrons. The molecule has 2 fully saturated rings. The van der Waals surface area contributed by atoms with Gasteiger partial charge in [-0.3, -0.25) is 14.5 Å². The van der Waals surface area contributed by atoms with Gasteiger partial charge in [-0.25, -0.2) is 9.97 Å². The second kappa shape index (κ2) is 5.97. The Kier molecular flexibility index (Phi) is 3.89. The monoisotopic (exact) mass is 377 g/mol. The number of amides is 1. The van der Waals surface area contributed by atoms with Gasteiger partial charge < -0.3 is 4.74 Å². The number of hydrogen-bond donors (Lipinski definition) is 0. The molecule has 2 saturated heterocycles. The van der Waals surface area contributed by atoms with Crippen molar-refractivity contribution in [2.45, 2.75) is 30.9 Å². The lowest BCUT2D eigenvalue weighted by atomic mass is 9.80. The molecule has 0 bridgehead atoms. The summed E-state index contributed by atoms with van der Waals surface area (Å²) in [7, 11) is 0. The third-order valence-electron chi connectivity index (χ3n) is 4.59. The fourth-order valence-corrected chi connectivity index (χ4v) is 3.66. The fraction of sp³-hybridized carbons (Fsp3) is 0.294. The van der Waals surface area contributed by atoms with E-state index in [1.54, 1.807) is 23.1 Å². The zero-order chi connectivity index (χ0) is 17.6. The summed E-state index contributed by atoms with van der Waals surface area (Å²) in [6, 6.07) is 8.68. The normalized spacial score (nSPS) is 25.7. The summed E-state index contributed by atoms with van der Waals surface area (Å²) in [5, 5.41) is 0.664. The molecular weight excluding hydrogens is 365 g/mol. The first-order valence-electron chi connectivity index (χ1n) is 7.78. The van der Waals surface area contributed by atoms with E-state index >= 15 is 0 Å². The largest absolute Gasteiger partial charge is 0.448 e. The molecule has 0 aliphatic carbocycles. The number of aromatic nitrogens is 2. The van der Waals surface area contributed by atoms with Crippen molar-refractivity contribution in [3.63, 3.8) is 0 Å². The van der Waals surface area contributed by atoms with Gasteiger partial charge in [0.25, 0.3) is 5.91 Å². The molecule has 0 N–H and O–H groups in total. The van der Waals surface area contributed by atoms with Crippen molar-refractivity contribution >= 4 is 40.9 Å². The number of carbonyl (C=O) groups excluding carboxylic acids is 2. The highest BCUT2D eigenvalue weighted by Crippen LogP contribution is 2.45. The smallest absolute Gasteiger partial charge is 0.311 e. The van der Waals surface area contributed by atoms with Crippen LogP contribution in [0.3, 0.4) is 0 Å². The van der Waals surface area contributed by atoms with Gasteiger partial charge in [-0.2, -0.15) is 0 Å². The number of hydrogen-bond acceptors (Lipinski definition) is 5. The summed E-state index contributed by atoms with van der Waals surface area (Å²) in [4.78, 5) is 34.1. The molecule has 1 spiro atoms. The van der Waals surface area contributed by atoms with Crippen LogP contribution in [0, 0.1) is 0 Å². The standard InChI is InChI=1S/C17H13Cl2N3O3/c18-11-3-1-10(2-4-11)12-5-7-17(9-14(23)25-17)15(24)22(12)13-6-8-20-16(19)21-13/h1-4,6,8,12H,5,7,9H2/t12?,17-/m0/s1. The average molecular weight is 378 g/mol. The van der Waals surface area contributed by atoms with Gasteiger partial charge in [-0.05, 0) is 48.2 Å². The summed E-state index contributed by atoms with van der Waals surface area (Å²) < 4.78 is 5.24.